The molecule has 7 nitrogen and oxygen atoms in total. The van der Waals surface area contributed by atoms with Crippen molar-refractivity contribution in [2.24, 2.45) is 5.10 Å². The van der Waals surface area contributed by atoms with E-state index >= 15 is 0 Å². The summed E-state index contributed by atoms with van der Waals surface area (Å²) in [5, 5.41) is 5.85. The van der Waals surface area contributed by atoms with E-state index in [1.54, 1.807) is 0 Å². The second-order valence-corrected chi connectivity index (χ2v) is 8.33. The Labute approximate surface area is 189 Å². The van der Waals surface area contributed by atoms with Crippen LogP contribution in [0.25, 0.3) is 0 Å². The van der Waals surface area contributed by atoms with E-state index < -0.39 is 0 Å². The smallest absolute Gasteiger partial charge is 0.270 e. The average Bonchev–Trinajstić information content (AvgIpc) is 2.81. The maximum atomic E-state index is 13.1. The van der Waals surface area contributed by atoms with Crippen LogP contribution in [0.3, 0.4) is 0 Å². The van der Waals surface area contributed by atoms with Crippen LogP contribution >= 0.6 is 0 Å². The Bertz CT molecular complexity index is 995. The van der Waals surface area contributed by atoms with E-state index in [4.69, 9.17) is 4.74 Å². The number of anilines is 1. The predicted molar refractivity (Wildman–Crippen MR) is 125 cm³/mol. The highest BCUT2D eigenvalue weighted by molar-refractivity contribution is 6.40. The molecular formula is C25H30N4O3. The molecule has 2 aliphatic heterocycles. The number of piperazine rings is 1. The minimum atomic E-state index is -0.0748. The molecule has 0 unspecified atom stereocenters. The average molecular weight is 435 g/mol. The molecule has 0 N–H and O–H groups in total. The first-order valence-corrected chi connectivity index (χ1v) is 11.2. The van der Waals surface area contributed by atoms with Crippen molar-refractivity contribution in [3.05, 3.63) is 59.7 Å². The number of carbonyl (C=O) groups excluding carboxylic acids is 2. The molecule has 4 rings (SSSR count). The van der Waals surface area contributed by atoms with Crippen molar-refractivity contribution in [1.82, 2.24) is 9.80 Å². The van der Waals surface area contributed by atoms with Crippen LogP contribution in [0, 0.1) is 13.8 Å². The summed E-state index contributed by atoms with van der Waals surface area (Å²) in [5.41, 5.74) is 3.37. The Kier molecular flexibility index (Phi) is 6.85. The van der Waals surface area contributed by atoms with E-state index in [0.29, 0.717) is 38.2 Å². The number of hydrogen-bond acceptors (Lipinski definition) is 5. The number of nitrogens with zero attached hydrogens (tertiary/aromatic N) is 4. The molecule has 7 heteroatoms. The lowest BCUT2D eigenvalue weighted by Gasteiger charge is -2.35. The van der Waals surface area contributed by atoms with Gasteiger partial charge in [-0.2, -0.15) is 5.10 Å². The van der Waals surface area contributed by atoms with E-state index in [2.05, 4.69) is 16.9 Å². The molecule has 0 aliphatic carbocycles. The van der Waals surface area contributed by atoms with Gasteiger partial charge in [-0.05, 0) is 37.6 Å². The van der Waals surface area contributed by atoms with Gasteiger partial charge in [-0.25, -0.2) is 5.01 Å². The van der Waals surface area contributed by atoms with Gasteiger partial charge >= 0.3 is 0 Å². The summed E-state index contributed by atoms with van der Waals surface area (Å²) >= 11 is 0. The van der Waals surface area contributed by atoms with Gasteiger partial charge in [0.25, 0.3) is 5.91 Å². The molecule has 0 aromatic heterocycles. The SMILES string of the molecule is Cc1ccc(OCCN2CCN(C(=O)C3=NN(c4ccccc4C)C(=O)CC3)CC2)cc1. The van der Waals surface area contributed by atoms with E-state index in [1.165, 1.54) is 10.6 Å². The molecule has 2 heterocycles. The Hall–Kier alpha value is -3.19. The molecule has 0 spiro atoms. The highest BCUT2D eigenvalue weighted by atomic mass is 16.5. The Morgan fingerprint density at radius 3 is 2.41 bits per heavy atom. The largest absolute Gasteiger partial charge is 0.492 e. The molecule has 0 bridgehead atoms. The first-order chi connectivity index (χ1) is 15.5. The molecule has 1 saturated heterocycles. The maximum Gasteiger partial charge on any atom is 0.270 e. The summed E-state index contributed by atoms with van der Waals surface area (Å²) in [4.78, 5) is 29.7. The monoisotopic (exact) mass is 434 g/mol. The number of aryl methyl sites for hydroxylation is 2. The summed E-state index contributed by atoms with van der Waals surface area (Å²) < 4.78 is 5.83. The molecule has 168 valence electrons. The minimum absolute atomic E-state index is 0.0633. The van der Waals surface area contributed by atoms with Crippen LogP contribution < -0.4 is 9.75 Å². The summed E-state index contributed by atoms with van der Waals surface area (Å²) in [7, 11) is 0. The van der Waals surface area contributed by atoms with E-state index in [0.717, 1.165) is 36.6 Å². The summed E-state index contributed by atoms with van der Waals surface area (Å²) in [6.45, 7) is 8.36. The van der Waals surface area contributed by atoms with Crippen molar-refractivity contribution in [3.8, 4) is 5.75 Å². The number of ether oxygens (including phenoxy) is 1. The molecule has 2 aromatic rings. The van der Waals surface area contributed by atoms with Crippen LogP contribution in [0.15, 0.2) is 53.6 Å². The third kappa shape index (κ3) is 5.16. The maximum absolute atomic E-state index is 13.1. The van der Waals surface area contributed by atoms with Crippen molar-refractivity contribution in [1.29, 1.82) is 0 Å². The number of hydrogen-bond donors (Lipinski definition) is 0. The molecular weight excluding hydrogens is 404 g/mol. The first-order valence-electron chi connectivity index (χ1n) is 11.2. The summed E-state index contributed by atoms with van der Waals surface area (Å²) in [6, 6.07) is 15.7. The highest BCUT2D eigenvalue weighted by Crippen LogP contribution is 2.24. The van der Waals surface area contributed by atoms with Gasteiger partial charge in [0.05, 0.1) is 5.69 Å². The second kappa shape index (κ2) is 9.96. The summed E-state index contributed by atoms with van der Waals surface area (Å²) in [6.07, 6.45) is 0.694. The van der Waals surface area contributed by atoms with Gasteiger partial charge in [0.1, 0.15) is 18.1 Å². The fraction of sp³-hybridized carbons (Fsp3) is 0.400. The zero-order valence-electron chi connectivity index (χ0n) is 18.8. The Morgan fingerprint density at radius 1 is 0.969 bits per heavy atom. The summed E-state index contributed by atoms with van der Waals surface area (Å²) in [5.74, 6) is 0.744. The standard InChI is InChI=1S/C25H30N4O3/c1-19-7-9-21(10-8-19)32-18-17-27-13-15-28(16-14-27)25(31)22-11-12-24(30)29(26-22)23-6-4-3-5-20(23)2/h3-10H,11-18H2,1-2H3. The van der Waals surface area contributed by atoms with Crippen LogP contribution in [0.5, 0.6) is 5.75 Å². The van der Waals surface area contributed by atoms with Gasteiger partial charge in [0, 0.05) is 45.6 Å². The molecule has 1 fully saturated rings. The zero-order valence-corrected chi connectivity index (χ0v) is 18.8. The van der Waals surface area contributed by atoms with Gasteiger partial charge in [-0.1, -0.05) is 35.9 Å². The van der Waals surface area contributed by atoms with Crippen molar-refractivity contribution < 1.29 is 14.3 Å². The Balaban J connectivity index is 1.30. The van der Waals surface area contributed by atoms with Crippen molar-refractivity contribution >= 4 is 23.2 Å². The zero-order chi connectivity index (χ0) is 22.5. The van der Waals surface area contributed by atoms with E-state index in [1.807, 2.05) is 60.4 Å². The van der Waals surface area contributed by atoms with Gasteiger partial charge < -0.3 is 9.64 Å². The van der Waals surface area contributed by atoms with Crippen molar-refractivity contribution in [2.45, 2.75) is 26.7 Å². The Morgan fingerprint density at radius 2 is 1.69 bits per heavy atom. The number of para-hydroxylation sites is 1. The normalized spacial score (nSPS) is 17.3. The van der Waals surface area contributed by atoms with Gasteiger partial charge in [-0.3, -0.25) is 14.5 Å². The number of carbonyl (C=O) groups is 2. The lowest BCUT2D eigenvalue weighted by Crippen LogP contribution is -2.52. The topological polar surface area (TPSA) is 65.5 Å². The van der Waals surface area contributed by atoms with Crippen LogP contribution in [-0.2, 0) is 9.59 Å². The van der Waals surface area contributed by atoms with Gasteiger partial charge in [0.15, 0.2) is 0 Å². The fourth-order valence-electron chi connectivity index (χ4n) is 3.98. The number of amides is 2. The van der Waals surface area contributed by atoms with Crippen molar-refractivity contribution in [3.63, 3.8) is 0 Å². The third-order valence-corrected chi connectivity index (χ3v) is 5.98. The predicted octanol–water partition coefficient (Wildman–Crippen LogP) is 3.01. The molecule has 0 saturated carbocycles. The van der Waals surface area contributed by atoms with E-state index in [-0.39, 0.29) is 11.8 Å². The number of hydrazone groups is 1. The molecule has 32 heavy (non-hydrogen) atoms. The van der Waals surface area contributed by atoms with E-state index in [9.17, 15) is 9.59 Å². The number of benzene rings is 2. The second-order valence-electron chi connectivity index (χ2n) is 8.33. The molecule has 2 amide bonds. The molecule has 2 aromatic carbocycles. The molecule has 0 radical (unpaired) electrons. The van der Waals surface area contributed by atoms with Crippen LogP contribution in [0.1, 0.15) is 24.0 Å². The molecule has 2 aliphatic rings. The quantitative estimate of drug-likeness (QED) is 0.701. The van der Waals surface area contributed by atoms with Crippen molar-refractivity contribution in [2.75, 3.05) is 44.3 Å². The van der Waals surface area contributed by atoms with Gasteiger partial charge in [-0.15, -0.1) is 0 Å². The van der Waals surface area contributed by atoms with Crippen LogP contribution in [0.2, 0.25) is 0 Å². The minimum Gasteiger partial charge on any atom is -0.492 e. The number of rotatable bonds is 6. The first kappa shape index (κ1) is 22.0. The van der Waals surface area contributed by atoms with Crippen LogP contribution in [0.4, 0.5) is 5.69 Å². The van der Waals surface area contributed by atoms with Gasteiger partial charge in [0.2, 0.25) is 5.91 Å². The lowest BCUT2D eigenvalue weighted by molar-refractivity contribution is -0.126. The third-order valence-electron chi connectivity index (χ3n) is 5.98. The lowest BCUT2D eigenvalue weighted by atomic mass is 10.1. The van der Waals surface area contributed by atoms with Crippen LogP contribution in [-0.4, -0.2) is 66.7 Å². The molecule has 0 atom stereocenters. The fourth-order valence-corrected chi connectivity index (χ4v) is 3.98. The highest BCUT2D eigenvalue weighted by Gasteiger charge is 2.30.